The van der Waals surface area contributed by atoms with Crippen LogP contribution in [0.5, 0.6) is 0 Å². The summed E-state index contributed by atoms with van der Waals surface area (Å²) in [4.78, 5) is 22.5. The van der Waals surface area contributed by atoms with Gasteiger partial charge in [0.2, 0.25) is 11.6 Å². The summed E-state index contributed by atoms with van der Waals surface area (Å²) in [7, 11) is 0. The molecule has 0 unspecified atom stereocenters. The fourth-order valence-corrected chi connectivity index (χ4v) is 2.16. The average molecular weight is 447 g/mol. The molecule has 0 aliphatic heterocycles. The zero-order valence-corrected chi connectivity index (χ0v) is 16.4. The minimum absolute atomic E-state index is 0.400. The molecule has 2 nitrogen and oxygen atoms in total. The average Bonchev–Trinajstić information content (AvgIpc) is 2.54. The van der Waals surface area contributed by atoms with Crippen LogP contribution in [-0.2, 0) is 0 Å². The Morgan fingerprint density at radius 2 is 0.792 bits per heavy atom. The van der Waals surface area contributed by atoms with Crippen LogP contribution < -0.4 is 0 Å². The molecule has 2 aromatic carbocycles. The van der Waals surface area contributed by atoms with Gasteiger partial charge in [-0.05, 0) is 0 Å². The topological polar surface area (TPSA) is 34.1 Å². The van der Waals surface area contributed by atoms with Gasteiger partial charge in [0.15, 0.2) is 0 Å². The van der Waals surface area contributed by atoms with Crippen LogP contribution in [0.1, 0.15) is 20.7 Å². The number of carbonyl (C=O) groups is 2. The number of carbonyl (C=O) groups excluding carboxylic acids is 2. The van der Waals surface area contributed by atoms with Gasteiger partial charge >= 0.3 is 0 Å². The van der Waals surface area contributed by atoms with Crippen molar-refractivity contribution in [1.82, 2.24) is 0 Å². The highest BCUT2D eigenvalue weighted by Crippen LogP contribution is 2.30. The molecule has 24 heavy (non-hydrogen) atoms. The molecule has 0 saturated carbocycles. The summed E-state index contributed by atoms with van der Waals surface area (Å²) in [5.41, 5.74) is 0.801. The largest absolute Gasteiger partial charge is 0.289 e. The molecule has 0 radical (unpaired) electrons. The number of halogens is 6. The van der Waals surface area contributed by atoms with Crippen LogP contribution in [-0.4, -0.2) is 19.2 Å². The third-order valence-electron chi connectivity index (χ3n) is 2.59. The number of benzene rings is 2. The monoisotopic (exact) mass is 444 g/mol. The molecule has 0 fully saturated rings. The Morgan fingerprint density at radius 1 is 0.542 bits per heavy atom. The SMILES string of the molecule is O=C(c1ccccc1)C(Cl)(Cl)Cl.O=C(c1ccccc1)C(Cl)(Cl)Cl. The summed E-state index contributed by atoms with van der Waals surface area (Å²) in [6.45, 7) is 0. The van der Waals surface area contributed by atoms with Gasteiger partial charge in [0.1, 0.15) is 0 Å². The quantitative estimate of drug-likeness (QED) is 0.391. The summed E-state index contributed by atoms with van der Waals surface area (Å²) < 4.78 is -3.72. The molecule has 2 aromatic rings. The van der Waals surface area contributed by atoms with Crippen LogP contribution in [0, 0.1) is 0 Å². The number of ketones is 2. The van der Waals surface area contributed by atoms with E-state index in [0.29, 0.717) is 11.1 Å². The first-order chi connectivity index (χ1) is 11.0. The van der Waals surface area contributed by atoms with Gasteiger partial charge in [-0.15, -0.1) is 0 Å². The molecule has 0 amide bonds. The van der Waals surface area contributed by atoms with Crippen molar-refractivity contribution in [3.8, 4) is 0 Å². The fourth-order valence-electron chi connectivity index (χ4n) is 1.51. The van der Waals surface area contributed by atoms with E-state index in [1.54, 1.807) is 60.7 Å². The molecule has 0 aliphatic carbocycles. The van der Waals surface area contributed by atoms with Crippen molar-refractivity contribution in [2.24, 2.45) is 0 Å². The maximum atomic E-state index is 11.3. The second-order valence-corrected chi connectivity index (χ2v) is 8.95. The Labute approximate surface area is 169 Å². The lowest BCUT2D eigenvalue weighted by atomic mass is 10.1. The Kier molecular flexibility index (Phi) is 8.34. The van der Waals surface area contributed by atoms with Crippen molar-refractivity contribution in [3.63, 3.8) is 0 Å². The second-order valence-electron chi connectivity index (χ2n) is 4.39. The van der Waals surface area contributed by atoms with Crippen molar-refractivity contribution < 1.29 is 9.59 Å². The Balaban J connectivity index is 0.000000240. The molecular formula is C16H10Cl6O2. The highest BCUT2D eigenvalue weighted by molar-refractivity contribution is 6.78. The zero-order valence-electron chi connectivity index (χ0n) is 11.9. The van der Waals surface area contributed by atoms with E-state index >= 15 is 0 Å². The van der Waals surface area contributed by atoms with Crippen molar-refractivity contribution in [3.05, 3.63) is 71.8 Å². The van der Waals surface area contributed by atoms with Crippen LogP contribution in [0.25, 0.3) is 0 Å². The van der Waals surface area contributed by atoms with Gasteiger partial charge < -0.3 is 0 Å². The predicted molar refractivity (Wildman–Crippen MR) is 102 cm³/mol. The molecule has 0 atom stereocenters. The van der Waals surface area contributed by atoms with Crippen molar-refractivity contribution in [2.75, 3.05) is 0 Å². The van der Waals surface area contributed by atoms with Crippen molar-refractivity contribution >= 4 is 81.2 Å². The lowest BCUT2D eigenvalue weighted by molar-refractivity contribution is 0.0988. The fraction of sp³-hybridized carbons (Fsp3) is 0.125. The molecule has 0 saturated heterocycles. The second kappa shape index (κ2) is 9.28. The highest BCUT2D eigenvalue weighted by atomic mass is 35.6. The minimum Gasteiger partial charge on any atom is -0.289 e. The molecule has 0 spiro atoms. The third kappa shape index (κ3) is 7.18. The van der Waals surface area contributed by atoms with E-state index in [2.05, 4.69) is 0 Å². The lowest BCUT2D eigenvalue weighted by Gasteiger charge is -2.08. The first kappa shape index (κ1) is 21.6. The minimum atomic E-state index is -1.86. The van der Waals surface area contributed by atoms with Gasteiger partial charge in [-0.25, -0.2) is 0 Å². The molecule has 2 rings (SSSR count). The molecule has 128 valence electrons. The van der Waals surface area contributed by atoms with Crippen LogP contribution in [0.3, 0.4) is 0 Å². The van der Waals surface area contributed by atoms with Gasteiger partial charge in [0.25, 0.3) is 7.59 Å². The van der Waals surface area contributed by atoms with Gasteiger partial charge in [0, 0.05) is 11.1 Å². The van der Waals surface area contributed by atoms with Gasteiger partial charge in [-0.3, -0.25) is 9.59 Å². The standard InChI is InChI=1S/2C8H5Cl3O/c2*9-8(10,11)7(12)6-4-2-1-3-5-6/h2*1-5H. The molecule has 0 aromatic heterocycles. The Bertz CT molecular complexity index is 614. The van der Waals surface area contributed by atoms with Gasteiger partial charge in [-0.2, -0.15) is 0 Å². The maximum absolute atomic E-state index is 11.3. The highest BCUT2D eigenvalue weighted by Gasteiger charge is 2.31. The van der Waals surface area contributed by atoms with E-state index in [-0.39, 0.29) is 0 Å². The first-order valence-electron chi connectivity index (χ1n) is 6.36. The first-order valence-corrected chi connectivity index (χ1v) is 8.63. The summed E-state index contributed by atoms with van der Waals surface area (Å²) in [5.74, 6) is -1.01. The van der Waals surface area contributed by atoms with E-state index in [1.165, 1.54) is 0 Å². The van der Waals surface area contributed by atoms with Crippen LogP contribution in [0.15, 0.2) is 60.7 Å². The van der Waals surface area contributed by atoms with Crippen molar-refractivity contribution in [2.45, 2.75) is 7.59 Å². The molecule has 0 N–H and O–H groups in total. The smallest absolute Gasteiger partial charge is 0.253 e. The van der Waals surface area contributed by atoms with E-state index < -0.39 is 19.2 Å². The predicted octanol–water partition coefficient (Wildman–Crippen LogP) is 6.48. The number of hydrogen-bond acceptors (Lipinski definition) is 2. The molecule has 0 heterocycles. The van der Waals surface area contributed by atoms with E-state index in [9.17, 15) is 9.59 Å². The normalized spacial score (nSPS) is 11.2. The molecule has 8 heteroatoms. The maximum Gasteiger partial charge on any atom is 0.253 e. The van der Waals surface area contributed by atoms with E-state index in [1.807, 2.05) is 0 Å². The zero-order chi connectivity index (χ0) is 18.4. The lowest BCUT2D eigenvalue weighted by Crippen LogP contribution is -2.18. The number of alkyl halides is 6. The summed E-state index contributed by atoms with van der Waals surface area (Å²) in [6.07, 6.45) is 0. The summed E-state index contributed by atoms with van der Waals surface area (Å²) >= 11 is 32.4. The number of Topliss-reactive ketones (excluding diaryl/α,β-unsaturated/α-hetero) is 2. The van der Waals surface area contributed by atoms with Crippen LogP contribution in [0.2, 0.25) is 0 Å². The van der Waals surface area contributed by atoms with E-state index in [0.717, 1.165) is 0 Å². The Hall–Kier alpha value is -0.480. The molecule has 0 aliphatic rings. The van der Waals surface area contributed by atoms with Crippen molar-refractivity contribution in [1.29, 1.82) is 0 Å². The Morgan fingerprint density at radius 3 is 1.00 bits per heavy atom. The van der Waals surface area contributed by atoms with Crippen LogP contribution >= 0.6 is 69.6 Å². The summed E-state index contributed by atoms with van der Waals surface area (Å²) in [5, 5.41) is 0. The van der Waals surface area contributed by atoms with Crippen LogP contribution in [0.4, 0.5) is 0 Å². The number of hydrogen-bond donors (Lipinski definition) is 0. The third-order valence-corrected chi connectivity index (χ3v) is 3.62. The number of rotatable bonds is 2. The van der Waals surface area contributed by atoms with Gasteiger partial charge in [0.05, 0.1) is 0 Å². The molecular weight excluding hydrogens is 437 g/mol. The summed E-state index contributed by atoms with van der Waals surface area (Å²) in [6, 6.07) is 16.8. The van der Waals surface area contributed by atoms with Gasteiger partial charge in [-0.1, -0.05) is 130 Å². The molecule has 0 bridgehead atoms. The van der Waals surface area contributed by atoms with E-state index in [4.69, 9.17) is 69.6 Å².